The van der Waals surface area contributed by atoms with Crippen molar-refractivity contribution in [1.82, 2.24) is 10.4 Å². The molecule has 1 aliphatic heterocycles. The number of carbonyl (C=O) groups excluding carboxylic acids is 2. The molecule has 0 aromatic heterocycles. The molecule has 28 heavy (non-hydrogen) atoms. The second-order valence-corrected chi connectivity index (χ2v) is 6.94. The van der Waals surface area contributed by atoms with Gasteiger partial charge in [0.25, 0.3) is 0 Å². The first kappa shape index (κ1) is 21.7. The van der Waals surface area contributed by atoms with Crippen LogP contribution in [0.5, 0.6) is 0 Å². The van der Waals surface area contributed by atoms with Gasteiger partial charge in [-0.05, 0) is 38.2 Å². The van der Waals surface area contributed by atoms with E-state index in [0.717, 1.165) is 44.1 Å². The van der Waals surface area contributed by atoms with Crippen molar-refractivity contribution in [2.45, 2.75) is 70.9 Å². The Morgan fingerprint density at radius 1 is 1.18 bits per heavy atom. The summed E-state index contributed by atoms with van der Waals surface area (Å²) in [6.07, 6.45) is 5.75. The van der Waals surface area contributed by atoms with Crippen molar-refractivity contribution in [3.63, 3.8) is 0 Å². The van der Waals surface area contributed by atoms with Crippen molar-refractivity contribution >= 4 is 17.9 Å². The number of nitrogens with one attached hydrogen (secondary N) is 2. The average Bonchev–Trinajstić information content (AvgIpc) is 2.86. The fraction of sp³-hybridized carbons (Fsp3) is 0.571. The molecule has 1 aliphatic rings. The summed E-state index contributed by atoms with van der Waals surface area (Å²) in [5, 5.41) is 9.95. The summed E-state index contributed by atoms with van der Waals surface area (Å²) in [6.45, 7) is 2.40. The van der Waals surface area contributed by atoms with Crippen LogP contribution < -0.4 is 5.43 Å². The van der Waals surface area contributed by atoms with Crippen LogP contribution in [0.2, 0.25) is 0 Å². The van der Waals surface area contributed by atoms with Crippen LogP contribution >= 0.6 is 0 Å². The van der Waals surface area contributed by atoms with E-state index in [-0.39, 0.29) is 18.6 Å². The van der Waals surface area contributed by atoms with Gasteiger partial charge >= 0.3 is 12.1 Å². The summed E-state index contributed by atoms with van der Waals surface area (Å²) in [4.78, 5) is 23.7. The number of unbranched alkanes of at least 4 members (excludes halogenated alkanes) is 1. The zero-order chi connectivity index (χ0) is 20.2. The van der Waals surface area contributed by atoms with Gasteiger partial charge in [-0.3, -0.25) is 15.2 Å². The topological polar surface area (TPSA) is 91.7 Å². The molecule has 0 aliphatic carbocycles. The van der Waals surface area contributed by atoms with Crippen LogP contribution in [-0.4, -0.2) is 35.6 Å². The van der Waals surface area contributed by atoms with Gasteiger partial charge in [-0.25, -0.2) is 10.2 Å². The Hall–Kier alpha value is -2.57. The van der Waals surface area contributed by atoms with Gasteiger partial charge in [0.15, 0.2) is 0 Å². The van der Waals surface area contributed by atoms with Crippen LogP contribution in [0.4, 0.5) is 4.79 Å². The maximum absolute atomic E-state index is 12.2. The van der Waals surface area contributed by atoms with Crippen molar-refractivity contribution in [2.24, 2.45) is 0 Å². The molecule has 0 radical (unpaired) electrons. The van der Waals surface area contributed by atoms with Crippen molar-refractivity contribution in [3.05, 3.63) is 35.9 Å². The van der Waals surface area contributed by atoms with E-state index < -0.39 is 6.09 Å². The predicted octanol–water partition coefficient (Wildman–Crippen LogP) is 4.17. The number of ether oxygens (including phenoxy) is 2. The molecule has 1 saturated heterocycles. The third-order valence-corrected chi connectivity index (χ3v) is 4.75. The first-order chi connectivity index (χ1) is 13.6. The maximum atomic E-state index is 12.2. The number of nitrogens with zero attached hydrogens (tertiary/aromatic N) is 1. The van der Waals surface area contributed by atoms with E-state index in [1.54, 1.807) is 11.9 Å². The maximum Gasteiger partial charge on any atom is 0.426 e. The first-order valence-corrected chi connectivity index (χ1v) is 10.1. The monoisotopic (exact) mass is 389 g/mol. The van der Waals surface area contributed by atoms with Gasteiger partial charge in [0.05, 0.1) is 12.6 Å². The quantitative estimate of drug-likeness (QED) is 0.488. The van der Waals surface area contributed by atoms with Gasteiger partial charge in [0.2, 0.25) is 0 Å². The number of amidine groups is 1. The minimum atomic E-state index is -0.549. The van der Waals surface area contributed by atoms with Crippen molar-refractivity contribution in [1.29, 1.82) is 5.41 Å². The Bertz CT molecular complexity index is 636. The largest absolute Gasteiger partial charge is 0.466 e. The summed E-state index contributed by atoms with van der Waals surface area (Å²) in [6, 6.07) is 9.54. The lowest BCUT2D eigenvalue weighted by atomic mass is 10.0. The molecule has 0 spiro atoms. The molecule has 1 atom stereocenters. The Morgan fingerprint density at radius 3 is 2.71 bits per heavy atom. The SMILES string of the molecule is CCOC(=O)CCCCC1CCCCC(=N)N1NC(=O)OCc1ccccc1. The van der Waals surface area contributed by atoms with E-state index in [4.69, 9.17) is 14.9 Å². The van der Waals surface area contributed by atoms with Crippen LogP contribution in [0.3, 0.4) is 0 Å². The molecule has 1 heterocycles. The molecule has 7 heteroatoms. The van der Waals surface area contributed by atoms with Crippen molar-refractivity contribution < 1.29 is 19.1 Å². The van der Waals surface area contributed by atoms with Gasteiger partial charge < -0.3 is 9.47 Å². The summed E-state index contributed by atoms with van der Waals surface area (Å²) in [7, 11) is 0. The molecular weight excluding hydrogens is 358 g/mol. The Kier molecular flexibility index (Phi) is 9.31. The number of carbonyl (C=O) groups is 2. The molecule has 1 fully saturated rings. The molecule has 0 bridgehead atoms. The van der Waals surface area contributed by atoms with Crippen LogP contribution in [0, 0.1) is 5.41 Å². The first-order valence-electron chi connectivity index (χ1n) is 10.1. The van der Waals surface area contributed by atoms with E-state index in [1.807, 2.05) is 30.3 Å². The summed E-state index contributed by atoms with van der Waals surface area (Å²) >= 11 is 0. The number of amides is 1. The van der Waals surface area contributed by atoms with Gasteiger partial charge in [-0.15, -0.1) is 0 Å². The highest BCUT2D eigenvalue weighted by Gasteiger charge is 2.26. The van der Waals surface area contributed by atoms with Crippen LogP contribution in [0.1, 0.15) is 63.9 Å². The summed E-state index contributed by atoms with van der Waals surface area (Å²) in [5.74, 6) is 0.236. The Balaban J connectivity index is 1.83. The average molecular weight is 389 g/mol. The van der Waals surface area contributed by atoms with E-state index in [9.17, 15) is 9.59 Å². The molecule has 1 unspecified atom stereocenters. The van der Waals surface area contributed by atoms with Crippen molar-refractivity contribution in [2.75, 3.05) is 6.61 Å². The van der Waals surface area contributed by atoms with Gasteiger partial charge in [0, 0.05) is 12.8 Å². The lowest BCUT2D eigenvalue weighted by Crippen LogP contribution is -2.51. The highest BCUT2D eigenvalue weighted by molar-refractivity contribution is 5.82. The van der Waals surface area contributed by atoms with Crippen LogP contribution in [0.25, 0.3) is 0 Å². The van der Waals surface area contributed by atoms with E-state index in [0.29, 0.717) is 25.3 Å². The minimum Gasteiger partial charge on any atom is -0.466 e. The lowest BCUT2D eigenvalue weighted by Gasteiger charge is -2.31. The van der Waals surface area contributed by atoms with Gasteiger partial charge in [-0.1, -0.05) is 43.2 Å². The molecule has 154 valence electrons. The van der Waals surface area contributed by atoms with Crippen molar-refractivity contribution in [3.8, 4) is 0 Å². The zero-order valence-corrected chi connectivity index (χ0v) is 16.6. The number of hydrazine groups is 1. The lowest BCUT2D eigenvalue weighted by molar-refractivity contribution is -0.143. The Morgan fingerprint density at radius 2 is 1.96 bits per heavy atom. The molecule has 1 aromatic carbocycles. The number of esters is 1. The highest BCUT2D eigenvalue weighted by atomic mass is 16.6. The number of benzene rings is 1. The fourth-order valence-corrected chi connectivity index (χ4v) is 3.31. The van der Waals surface area contributed by atoms with Gasteiger partial charge in [-0.2, -0.15) is 0 Å². The molecule has 7 nitrogen and oxygen atoms in total. The minimum absolute atomic E-state index is 0.0430. The predicted molar refractivity (Wildman–Crippen MR) is 107 cm³/mol. The number of hydrogen-bond donors (Lipinski definition) is 2. The van der Waals surface area contributed by atoms with Crippen LogP contribution in [-0.2, 0) is 20.9 Å². The fourth-order valence-electron chi connectivity index (χ4n) is 3.31. The summed E-state index contributed by atoms with van der Waals surface area (Å²) < 4.78 is 10.3. The number of rotatable bonds is 9. The highest BCUT2D eigenvalue weighted by Crippen LogP contribution is 2.21. The molecule has 0 saturated carbocycles. The third kappa shape index (κ3) is 7.58. The molecule has 1 aromatic rings. The van der Waals surface area contributed by atoms with E-state index >= 15 is 0 Å². The van der Waals surface area contributed by atoms with E-state index in [2.05, 4.69) is 5.43 Å². The number of hydrogen-bond acceptors (Lipinski definition) is 5. The molecule has 1 amide bonds. The third-order valence-electron chi connectivity index (χ3n) is 4.75. The second kappa shape index (κ2) is 12.0. The molecule has 2 rings (SSSR count). The molecule has 2 N–H and O–H groups in total. The van der Waals surface area contributed by atoms with E-state index in [1.165, 1.54) is 0 Å². The summed E-state index contributed by atoms with van der Waals surface area (Å²) in [5.41, 5.74) is 3.67. The smallest absolute Gasteiger partial charge is 0.426 e. The zero-order valence-electron chi connectivity index (χ0n) is 16.6. The van der Waals surface area contributed by atoms with Gasteiger partial charge in [0.1, 0.15) is 12.4 Å². The Labute approximate surface area is 166 Å². The second-order valence-electron chi connectivity index (χ2n) is 6.94. The normalized spacial score (nSPS) is 17.0. The molecular formula is C21H31N3O4. The standard InChI is InChI=1S/C21H31N3O4/c1-2-27-20(25)15-9-7-13-18-12-6-8-14-19(22)24(18)23-21(26)28-16-17-10-4-3-5-11-17/h3-5,10-11,18,22H,2,6-9,12-16H2,1H3,(H,23,26). The van der Waals surface area contributed by atoms with Crippen LogP contribution in [0.15, 0.2) is 30.3 Å².